The van der Waals surface area contributed by atoms with Gasteiger partial charge in [0.1, 0.15) is 5.82 Å². The molecule has 0 amide bonds. The number of thiophene rings is 1. The molecule has 3 rings (SSSR count). The van der Waals surface area contributed by atoms with Crippen LogP contribution in [0.5, 0.6) is 0 Å². The zero-order valence-electron chi connectivity index (χ0n) is 14.0. The standard InChI is InChI=1S/C20H18BrFO2S/c1-12(2)11-24-20(23)18-16-9-13(10-21)3-8-17(16)25-19(18)14-4-6-15(22)7-5-14/h3-9,12H,10-11H2,1-2H3. The Hall–Kier alpha value is -1.72. The van der Waals surface area contributed by atoms with E-state index in [0.717, 1.165) is 26.1 Å². The van der Waals surface area contributed by atoms with Gasteiger partial charge in [-0.2, -0.15) is 0 Å². The van der Waals surface area contributed by atoms with E-state index in [1.807, 2.05) is 32.0 Å². The number of rotatable bonds is 5. The minimum Gasteiger partial charge on any atom is -0.462 e. The predicted octanol–water partition coefficient (Wildman–Crippen LogP) is 6.42. The third kappa shape index (κ3) is 3.93. The van der Waals surface area contributed by atoms with Crippen molar-refractivity contribution in [3.05, 3.63) is 59.4 Å². The number of fused-ring (bicyclic) bond motifs is 1. The molecule has 1 heterocycles. The number of esters is 1. The number of ether oxygens (including phenoxy) is 1. The van der Waals surface area contributed by atoms with Crippen LogP contribution in [0.4, 0.5) is 4.39 Å². The third-order valence-corrected chi connectivity index (χ3v) is 5.63. The molecule has 2 nitrogen and oxygen atoms in total. The van der Waals surface area contributed by atoms with Crippen molar-refractivity contribution in [1.29, 1.82) is 0 Å². The normalized spacial score (nSPS) is 11.2. The molecule has 25 heavy (non-hydrogen) atoms. The third-order valence-electron chi connectivity index (χ3n) is 3.76. The van der Waals surface area contributed by atoms with E-state index in [9.17, 15) is 9.18 Å². The van der Waals surface area contributed by atoms with Gasteiger partial charge in [0, 0.05) is 15.4 Å². The van der Waals surface area contributed by atoms with Crippen molar-refractivity contribution in [2.24, 2.45) is 5.92 Å². The highest BCUT2D eigenvalue weighted by Gasteiger charge is 2.22. The van der Waals surface area contributed by atoms with Gasteiger partial charge in [0.25, 0.3) is 0 Å². The highest BCUT2D eigenvalue weighted by atomic mass is 79.9. The van der Waals surface area contributed by atoms with Crippen molar-refractivity contribution >= 4 is 43.3 Å². The first kappa shape index (κ1) is 18.1. The van der Waals surface area contributed by atoms with E-state index in [1.54, 1.807) is 12.1 Å². The molecule has 0 radical (unpaired) electrons. The molecular formula is C20H18BrFO2S. The van der Waals surface area contributed by atoms with Crippen molar-refractivity contribution < 1.29 is 13.9 Å². The van der Waals surface area contributed by atoms with Gasteiger partial charge in [-0.1, -0.05) is 48.0 Å². The van der Waals surface area contributed by atoms with Crippen molar-refractivity contribution in [3.8, 4) is 10.4 Å². The molecule has 0 fully saturated rings. The second kappa shape index (κ2) is 7.67. The van der Waals surface area contributed by atoms with Gasteiger partial charge >= 0.3 is 5.97 Å². The van der Waals surface area contributed by atoms with Crippen LogP contribution in [-0.2, 0) is 10.1 Å². The van der Waals surface area contributed by atoms with Crippen LogP contribution < -0.4 is 0 Å². The number of alkyl halides is 1. The van der Waals surface area contributed by atoms with Crippen molar-refractivity contribution in [2.75, 3.05) is 6.61 Å². The Labute approximate surface area is 158 Å². The summed E-state index contributed by atoms with van der Waals surface area (Å²) >= 11 is 4.99. The van der Waals surface area contributed by atoms with E-state index in [0.29, 0.717) is 17.5 Å². The lowest BCUT2D eigenvalue weighted by atomic mass is 10.0. The number of hydrogen-bond acceptors (Lipinski definition) is 3. The second-order valence-electron chi connectivity index (χ2n) is 6.27. The van der Waals surface area contributed by atoms with Crippen molar-refractivity contribution in [1.82, 2.24) is 0 Å². The predicted molar refractivity (Wildman–Crippen MR) is 105 cm³/mol. The Morgan fingerprint density at radius 3 is 2.56 bits per heavy atom. The zero-order valence-corrected chi connectivity index (χ0v) is 16.4. The lowest BCUT2D eigenvalue weighted by Crippen LogP contribution is -2.10. The first-order chi connectivity index (χ1) is 12.0. The second-order valence-corrected chi connectivity index (χ2v) is 7.88. The summed E-state index contributed by atoms with van der Waals surface area (Å²) in [7, 11) is 0. The molecule has 0 bridgehead atoms. The molecule has 0 aliphatic heterocycles. The Balaban J connectivity index is 2.15. The number of carbonyl (C=O) groups is 1. The van der Waals surface area contributed by atoms with E-state index in [1.165, 1.54) is 23.5 Å². The molecule has 0 atom stereocenters. The van der Waals surface area contributed by atoms with E-state index < -0.39 is 0 Å². The summed E-state index contributed by atoms with van der Waals surface area (Å²) in [5, 5.41) is 1.60. The highest BCUT2D eigenvalue weighted by Crippen LogP contribution is 2.39. The quantitative estimate of drug-likeness (QED) is 0.351. The maximum atomic E-state index is 13.3. The summed E-state index contributed by atoms with van der Waals surface area (Å²) < 4.78 is 19.8. The van der Waals surface area contributed by atoms with Crippen molar-refractivity contribution in [3.63, 3.8) is 0 Å². The Kier molecular flexibility index (Phi) is 5.54. The molecule has 0 saturated carbocycles. The molecule has 0 saturated heterocycles. The van der Waals surface area contributed by atoms with Gasteiger partial charge in [-0.05, 0) is 41.3 Å². The van der Waals surface area contributed by atoms with Gasteiger partial charge in [-0.25, -0.2) is 9.18 Å². The van der Waals surface area contributed by atoms with Crippen LogP contribution in [0.2, 0.25) is 0 Å². The number of benzene rings is 2. The van der Waals surface area contributed by atoms with Crippen LogP contribution in [0.1, 0.15) is 29.8 Å². The Morgan fingerprint density at radius 2 is 1.92 bits per heavy atom. The smallest absolute Gasteiger partial charge is 0.340 e. The topological polar surface area (TPSA) is 26.3 Å². The number of carbonyl (C=O) groups excluding carboxylic acids is 1. The number of halogens is 2. The minimum atomic E-state index is -0.328. The maximum Gasteiger partial charge on any atom is 0.340 e. The molecule has 0 unspecified atom stereocenters. The lowest BCUT2D eigenvalue weighted by molar-refractivity contribution is 0.0462. The SMILES string of the molecule is CC(C)COC(=O)c1c(-c2ccc(F)cc2)sc2ccc(CBr)cc12. The largest absolute Gasteiger partial charge is 0.462 e. The maximum absolute atomic E-state index is 13.3. The fourth-order valence-electron chi connectivity index (χ4n) is 2.55. The van der Waals surface area contributed by atoms with Crippen LogP contribution in [0.3, 0.4) is 0 Å². The van der Waals surface area contributed by atoms with Gasteiger partial charge in [0.15, 0.2) is 0 Å². The van der Waals surface area contributed by atoms with Crippen molar-refractivity contribution in [2.45, 2.75) is 19.2 Å². The Bertz CT molecular complexity index is 900. The first-order valence-corrected chi connectivity index (χ1v) is 9.98. The average Bonchev–Trinajstić information content (AvgIpc) is 2.98. The van der Waals surface area contributed by atoms with Crippen LogP contribution >= 0.6 is 27.3 Å². The summed E-state index contributed by atoms with van der Waals surface area (Å²) in [6.45, 7) is 4.38. The van der Waals surface area contributed by atoms with Gasteiger partial charge in [-0.15, -0.1) is 11.3 Å². The molecule has 1 aromatic heterocycles. The monoisotopic (exact) mass is 420 g/mol. The summed E-state index contributed by atoms with van der Waals surface area (Å²) in [5.74, 6) is -0.359. The van der Waals surface area contributed by atoms with Gasteiger partial charge in [0.2, 0.25) is 0 Å². The molecule has 5 heteroatoms. The van der Waals surface area contributed by atoms with Gasteiger partial charge in [-0.3, -0.25) is 0 Å². The first-order valence-electron chi connectivity index (χ1n) is 8.04. The summed E-state index contributed by atoms with van der Waals surface area (Å²) in [5.41, 5.74) is 2.48. The van der Waals surface area contributed by atoms with Crippen LogP contribution in [0.15, 0.2) is 42.5 Å². The lowest BCUT2D eigenvalue weighted by Gasteiger charge is -2.09. The minimum absolute atomic E-state index is 0.265. The molecule has 0 spiro atoms. The molecule has 0 aliphatic rings. The van der Waals surface area contributed by atoms with E-state index in [-0.39, 0.29) is 17.7 Å². The Morgan fingerprint density at radius 1 is 1.20 bits per heavy atom. The molecule has 2 aromatic carbocycles. The van der Waals surface area contributed by atoms with Crippen LogP contribution in [0.25, 0.3) is 20.5 Å². The average molecular weight is 421 g/mol. The summed E-state index contributed by atoms with van der Waals surface area (Å²) in [6.07, 6.45) is 0. The van der Waals surface area contributed by atoms with Crippen LogP contribution in [0, 0.1) is 11.7 Å². The van der Waals surface area contributed by atoms with E-state index in [4.69, 9.17) is 4.74 Å². The number of hydrogen-bond donors (Lipinski definition) is 0. The fourth-order valence-corrected chi connectivity index (χ4v) is 4.07. The molecular weight excluding hydrogens is 403 g/mol. The van der Waals surface area contributed by atoms with E-state index in [2.05, 4.69) is 15.9 Å². The molecule has 130 valence electrons. The highest BCUT2D eigenvalue weighted by molar-refractivity contribution is 9.08. The fraction of sp³-hybridized carbons (Fsp3) is 0.250. The molecule has 3 aromatic rings. The summed E-state index contributed by atoms with van der Waals surface area (Å²) in [4.78, 5) is 13.6. The van der Waals surface area contributed by atoms with Crippen LogP contribution in [-0.4, -0.2) is 12.6 Å². The molecule has 0 N–H and O–H groups in total. The van der Waals surface area contributed by atoms with E-state index >= 15 is 0 Å². The zero-order chi connectivity index (χ0) is 18.0. The summed E-state index contributed by atoms with van der Waals surface area (Å²) in [6, 6.07) is 12.3. The van der Waals surface area contributed by atoms with Gasteiger partial charge in [0.05, 0.1) is 17.0 Å². The van der Waals surface area contributed by atoms with Gasteiger partial charge < -0.3 is 4.74 Å². The molecule has 0 aliphatic carbocycles.